The molecule has 0 aliphatic carbocycles. The quantitative estimate of drug-likeness (QED) is 0.761. The minimum absolute atomic E-state index is 0.00659. The number of fused-ring (bicyclic) bond motifs is 1. The van der Waals surface area contributed by atoms with Crippen LogP contribution in [0.25, 0.3) is 11.0 Å². The Balaban J connectivity index is 1.59. The molecule has 4 rings (SSSR count). The van der Waals surface area contributed by atoms with E-state index in [1.807, 2.05) is 31.1 Å². The van der Waals surface area contributed by atoms with Gasteiger partial charge in [0.05, 0.1) is 17.6 Å². The van der Waals surface area contributed by atoms with Gasteiger partial charge in [0.25, 0.3) is 5.91 Å². The van der Waals surface area contributed by atoms with Crippen LogP contribution in [-0.2, 0) is 6.42 Å². The summed E-state index contributed by atoms with van der Waals surface area (Å²) >= 11 is 0. The van der Waals surface area contributed by atoms with Gasteiger partial charge in [-0.2, -0.15) is 0 Å². The Morgan fingerprint density at radius 2 is 2.30 bits per heavy atom. The van der Waals surface area contributed by atoms with Gasteiger partial charge >= 0.3 is 0 Å². The number of aromatic amines is 1. The van der Waals surface area contributed by atoms with E-state index in [2.05, 4.69) is 31.9 Å². The number of amides is 1. The summed E-state index contributed by atoms with van der Waals surface area (Å²) in [6.45, 7) is 5.57. The van der Waals surface area contributed by atoms with Crippen LogP contribution in [0, 0.1) is 5.92 Å². The highest BCUT2D eigenvalue weighted by atomic mass is 16.5. The average Bonchev–Trinajstić information content (AvgIpc) is 3.35. The average molecular weight is 368 g/mol. The van der Waals surface area contributed by atoms with Gasteiger partial charge in [0.1, 0.15) is 29.1 Å². The molecule has 8 heteroatoms. The number of carbonyl (C=O) groups excluding carboxylic acids is 1. The Labute approximate surface area is 157 Å². The standard InChI is InChI=1S/C19H24N6O2/c1-4-16-14(9-23-27-16)19(26)25-8-6-12(2)15(10-25)24(3)18-13-5-7-20-17(13)21-11-22-18/h5,7,9,11-12,15H,4,6,8,10H2,1-3H3,(H,20,21,22)/t12-,15+/m1/s1. The molecule has 142 valence electrons. The maximum atomic E-state index is 13.0. The topological polar surface area (TPSA) is 91.2 Å². The van der Waals surface area contributed by atoms with Gasteiger partial charge < -0.3 is 19.3 Å². The Hall–Kier alpha value is -2.90. The smallest absolute Gasteiger partial charge is 0.259 e. The number of hydrogen-bond acceptors (Lipinski definition) is 6. The fourth-order valence-corrected chi connectivity index (χ4v) is 3.90. The fourth-order valence-electron chi connectivity index (χ4n) is 3.90. The van der Waals surface area contributed by atoms with Crippen molar-refractivity contribution in [1.29, 1.82) is 0 Å². The van der Waals surface area contributed by atoms with Crippen molar-refractivity contribution in [1.82, 2.24) is 25.0 Å². The number of nitrogens with one attached hydrogen (secondary N) is 1. The third kappa shape index (κ3) is 3.05. The zero-order valence-corrected chi connectivity index (χ0v) is 15.8. The molecule has 4 heterocycles. The van der Waals surface area contributed by atoms with Gasteiger partial charge in [-0.25, -0.2) is 9.97 Å². The minimum Gasteiger partial charge on any atom is -0.361 e. The Morgan fingerprint density at radius 1 is 1.44 bits per heavy atom. The van der Waals surface area contributed by atoms with Gasteiger partial charge in [0.2, 0.25) is 0 Å². The van der Waals surface area contributed by atoms with E-state index in [0.717, 1.165) is 29.8 Å². The maximum Gasteiger partial charge on any atom is 0.259 e. The fraction of sp³-hybridized carbons (Fsp3) is 0.474. The summed E-state index contributed by atoms with van der Waals surface area (Å²) in [5, 5.41) is 4.79. The molecule has 0 bridgehead atoms. The van der Waals surface area contributed by atoms with Crippen molar-refractivity contribution in [3.05, 3.63) is 36.1 Å². The third-order valence-corrected chi connectivity index (χ3v) is 5.57. The van der Waals surface area contributed by atoms with Crippen molar-refractivity contribution in [3.63, 3.8) is 0 Å². The molecule has 2 atom stereocenters. The van der Waals surface area contributed by atoms with E-state index in [0.29, 0.717) is 30.2 Å². The number of hydrogen-bond donors (Lipinski definition) is 1. The van der Waals surface area contributed by atoms with Crippen LogP contribution < -0.4 is 4.90 Å². The molecule has 1 saturated heterocycles. The van der Waals surface area contributed by atoms with Gasteiger partial charge in [0.15, 0.2) is 0 Å². The molecular weight excluding hydrogens is 344 g/mol. The highest BCUT2D eigenvalue weighted by molar-refractivity contribution is 5.95. The van der Waals surface area contributed by atoms with Crippen molar-refractivity contribution < 1.29 is 9.32 Å². The molecule has 3 aromatic rings. The van der Waals surface area contributed by atoms with E-state index in [1.54, 1.807) is 6.33 Å². The van der Waals surface area contributed by atoms with E-state index in [4.69, 9.17) is 4.52 Å². The van der Waals surface area contributed by atoms with Gasteiger partial charge in [-0.05, 0) is 18.4 Å². The number of nitrogens with zero attached hydrogens (tertiary/aromatic N) is 5. The van der Waals surface area contributed by atoms with Crippen LogP contribution in [0.3, 0.4) is 0 Å². The van der Waals surface area contributed by atoms with Crippen LogP contribution in [0.1, 0.15) is 36.4 Å². The SMILES string of the molecule is CCc1oncc1C(=O)N1CC[C@@H](C)[C@@H](N(C)c2ncnc3[nH]ccc23)C1. The summed E-state index contributed by atoms with van der Waals surface area (Å²) in [4.78, 5) is 29.0. The molecule has 0 unspecified atom stereocenters. The predicted octanol–water partition coefficient (Wildman–Crippen LogP) is 2.50. The summed E-state index contributed by atoms with van der Waals surface area (Å²) < 4.78 is 5.20. The maximum absolute atomic E-state index is 13.0. The first-order valence-electron chi connectivity index (χ1n) is 9.33. The summed E-state index contributed by atoms with van der Waals surface area (Å²) in [6, 6.07) is 2.16. The lowest BCUT2D eigenvalue weighted by atomic mass is 9.91. The first kappa shape index (κ1) is 17.5. The van der Waals surface area contributed by atoms with Gasteiger partial charge in [-0.3, -0.25) is 4.79 Å². The first-order chi connectivity index (χ1) is 13.1. The van der Waals surface area contributed by atoms with Crippen LogP contribution in [0.2, 0.25) is 0 Å². The van der Waals surface area contributed by atoms with Crippen molar-refractivity contribution in [3.8, 4) is 0 Å². The number of anilines is 1. The van der Waals surface area contributed by atoms with Crippen LogP contribution in [0.4, 0.5) is 5.82 Å². The predicted molar refractivity (Wildman–Crippen MR) is 102 cm³/mol. The van der Waals surface area contributed by atoms with E-state index < -0.39 is 0 Å². The molecule has 0 aromatic carbocycles. The molecule has 0 spiro atoms. The largest absolute Gasteiger partial charge is 0.361 e. The highest BCUT2D eigenvalue weighted by Gasteiger charge is 2.34. The Kier molecular flexibility index (Phi) is 4.55. The molecule has 1 aliphatic rings. The van der Waals surface area contributed by atoms with Crippen molar-refractivity contribution >= 4 is 22.8 Å². The van der Waals surface area contributed by atoms with Gasteiger partial charge in [0, 0.05) is 32.8 Å². The molecule has 1 fully saturated rings. The lowest BCUT2D eigenvalue weighted by Gasteiger charge is -2.42. The highest BCUT2D eigenvalue weighted by Crippen LogP contribution is 2.29. The number of piperidine rings is 1. The molecule has 0 saturated carbocycles. The number of likely N-dealkylation sites (N-methyl/N-ethyl adjacent to an activating group) is 1. The normalized spacial score (nSPS) is 20.2. The number of aryl methyl sites for hydroxylation is 1. The summed E-state index contributed by atoms with van der Waals surface area (Å²) in [7, 11) is 2.04. The van der Waals surface area contributed by atoms with E-state index in [1.165, 1.54) is 6.20 Å². The van der Waals surface area contributed by atoms with Gasteiger partial charge in [-0.15, -0.1) is 0 Å². The molecule has 0 radical (unpaired) electrons. The second-order valence-electron chi connectivity index (χ2n) is 7.15. The summed E-state index contributed by atoms with van der Waals surface area (Å²) in [6.07, 6.45) is 6.57. The lowest BCUT2D eigenvalue weighted by Crippen LogP contribution is -2.53. The second-order valence-corrected chi connectivity index (χ2v) is 7.15. The molecule has 1 amide bonds. The van der Waals surface area contributed by atoms with E-state index in [9.17, 15) is 4.79 Å². The van der Waals surface area contributed by atoms with Crippen LogP contribution in [0.15, 0.2) is 29.3 Å². The number of aromatic nitrogens is 4. The second kappa shape index (κ2) is 7.02. The summed E-state index contributed by atoms with van der Waals surface area (Å²) in [5.41, 5.74) is 1.39. The molecule has 27 heavy (non-hydrogen) atoms. The molecule has 1 N–H and O–H groups in total. The first-order valence-corrected chi connectivity index (χ1v) is 9.33. The zero-order chi connectivity index (χ0) is 19.0. The van der Waals surface area contributed by atoms with E-state index in [-0.39, 0.29) is 11.9 Å². The third-order valence-electron chi connectivity index (χ3n) is 5.57. The van der Waals surface area contributed by atoms with Crippen molar-refractivity contribution in [2.45, 2.75) is 32.7 Å². The summed E-state index contributed by atoms with van der Waals surface area (Å²) in [5.74, 6) is 1.96. The van der Waals surface area contributed by atoms with Gasteiger partial charge in [-0.1, -0.05) is 19.0 Å². The number of carbonyl (C=O) groups is 1. The molecule has 3 aromatic heterocycles. The van der Waals surface area contributed by atoms with Crippen molar-refractivity contribution in [2.75, 3.05) is 25.0 Å². The van der Waals surface area contributed by atoms with Crippen LogP contribution >= 0.6 is 0 Å². The lowest BCUT2D eigenvalue weighted by molar-refractivity contribution is 0.0667. The number of likely N-dealkylation sites (tertiary alicyclic amines) is 1. The zero-order valence-electron chi connectivity index (χ0n) is 15.8. The Morgan fingerprint density at radius 3 is 3.11 bits per heavy atom. The number of H-pyrrole nitrogens is 1. The molecule has 8 nitrogen and oxygen atoms in total. The minimum atomic E-state index is -0.00659. The van der Waals surface area contributed by atoms with Crippen LogP contribution in [0.5, 0.6) is 0 Å². The number of rotatable bonds is 4. The Bertz CT molecular complexity index is 948. The van der Waals surface area contributed by atoms with Crippen LogP contribution in [-0.4, -0.2) is 57.1 Å². The van der Waals surface area contributed by atoms with Crippen molar-refractivity contribution in [2.24, 2.45) is 5.92 Å². The van der Waals surface area contributed by atoms with E-state index >= 15 is 0 Å². The molecular formula is C19H24N6O2. The monoisotopic (exact) mass is 368 g/mol. The molecule has 1 aliphatic heterocycles.